The van der Waals surface area contributed by atoms with Crippen molar-refractivity contribution in [1.29, 1.82) is 0 Å². The second-order valence-electron chi connectivity index (χ2n) is 13.7. The van der Waals surface area contributed by atoms with Crippen molar-refractivity contribution >= 4 is 18.9 Å². The van der Waals surface area contributed by atoms with Gasteiger partial charge < -0.3 is 9.44 Å². The Morgan fingerprint density at radius 3 is 1.12 bits per heavy atom. The zero-order valence-corrected chi connectivity index (χ0v) is 36.7. The average molecular weight is 907 g/mol. The molecule has 0 amide bonds. The van der Waals surface area contributed by atoms with Gasteiger partial charge in [-0.15, -0.1) is 10.2 Å². The van der Waals surface area contributed by atoms with Crippen LogP contribution in [-0.2, 0) is 12.8 Å². The number of aryl methyl sites for hydroxylation is 2. The molecular weight excluding hydrogens is 863 g/mol. The van der Waals surface area contributed by atoms with Crippen LogP contribution in [0.25, 0.3) is 65.8 Å². The summed E-state index contributed by atoms with van der Waals surface area (Å²) in [6.45, 7) is 4.34. The normalized spacial score (nSPS) is 10.3. The molecule has 0 saturated carbocycles. The maximum Gasteiger partial charge on any atom is 0.762 e. The molecule has 0 radical (unpaired) electrons. The van der Waals surface area contributed by atoms with Crippen molar-refractivity contribution in [3.63, 3.8) is 0 Å². The van der Waals surface area contributed by atoms with Crippen molar-refractivity contribution in [2.45, 2.75) is 26.7 Å². The van der Waals surface area contributed by atoms with Crippen molar-refractivity contribution in [2.24, 2.45) is 0 Å². The molecule has 64 heavy (non-hydrogen) atoms. The number of ether oxygens (including phenoxy) is 1. The van der Waals surface area contributed by atoms with Gasteiger partial charge in [0.1, 0.15) is 5.75 Å². The van der Waals surface area contributed by atoms with E-state index in [0.29, 0.717) is 0 Å². The maximum absolute atomic E-state index is 9.67. The van der Waals surface area contributed by atoms with Crippen molar-refractivity contribution in [1.82, 2.24) is 0 Å². The number of halogens is 5. The standard InChI is InChI=1S/C28H27O2.C23H17S.BF3.ClHO4.FH/c1-4-20-6-10-23(11-7-20)27-18-25(22-14-16-26(29-3)17-15-22)19-28(30-27)24-12-8-21(5-2)9-13-24;1-4-10-18(11-5-1)21-16-22(19-12-6-2-7-13-19)24-23(17-21)20-14-8-3-9-15-20;2-1(3)4;2-1(3,4)5;/h6-19H,4-5H2,1-3H3;1-17H;;(H,2,3,4,5);1H/q2*+1;;;/p-2. The lowest BCUT2D eigenvalue weighted by Crippen LogP contribution is -3.00. The SMILES string of the molecule is CCc1ccc(-c2cc(-c3ccc(OC)cc3)cc(-c3ccc(CC)cc3)[o+]2)cc1.FB(F)F.[F-].[O-][Cl+3]([O-])([O-])[O-].c1ccc(-c2cc(-c3ccccc3)[s+]c(-c3ccccc3)c2)cc1. The van der Waals surface area contributed by atoms with Gasteiger partial charge in [0.2, 0.25) is 21.1 Å². The summed E-state index contributed by atoms with van der Waals surface area (Å²) in [6.07, 6.45) is 2.05. The van der Waals surface area contributed by atoms with Crippen LogP contribution in [0.1, 0.15) is 25.0 Å². The van der Waals surface area contributed by atoms with E-state index in [2.05, 4.69) is 190 Å². The predicted octanol–water partition coefficient (Wildman–Crippen LogP) is 7.85. The molecule has 6 nitrogen and oxygen atoms in total. The Bertz CT molecular complexity index is 2280. The van der Waals surface area contributed by atoms with Crippen LogP contribution in [0.5, 0.6) is 5.75 Å². The molecule has 2 aromatic heterocycles. The molecule has 6 aromatic carbocycles. The Morgan fingerprint density at radius 1 is 0.469 bits per heavy atom. The van der Waals surface area contributed by atoms with Gasteiger partial charge in [-0.2, -0.15) is 0 Å². The molecule has 0 atom stereocenters. The Hall–Kier alpha value is -6.25. The number of rotatable bonds is 9. The highest BCUT2D eigenvalue weighted by Gasteiger charge is 2.21. The van der Waals surface area contributed by atoms with Gasteiger partial charge in [0.05, 0.1) is 30.4 Å². The van der Waals surface area contributed by atoms with E-state index in [1.807, 2.05) is 23.5 Å². The lowest BCUT2D eigenvalue weighted by atomic mass is 10.0. The molecule has 8 aromatic rings. The molecule has 0 saturated heterocycles. The Balaban J connectivity index is 0.000000236. The van der Waals surface area contributed by atoms with E-state index < -0.39 is 17.8 Å². The van der Waals surface area contributed by atoms with Gasteiger partial charge in [-0.05, 0) is 101 Å². The van der Waals surface area contributed by atoms with Gasteiger partial charge in [0.15, 0.2) is 0 Å². The van der Waals surface area contributed by atoms with E-state index in [-0.39, 0.29) is 4.70 Å². The molecule has 0 bridgehead atoms. The second kappa shape index (κ2) is 25.2. The largest absolute Gasteiger partial charge is 1.00 e. The van der Waals surface area contributed by atoms with Gasteiger partial charge in [0, 0.05) is 28.8 Å². The van der Waals surface area contributed by atoms with Gasteiger partial charge in [-0.3, -0.25) is 12.9 Å². The summed E-state index contributed by atoms with van der Waals surface area (Å²) in [7, 11) is -6.92. The van der Waals surface area contributed by atoms with E-state index in [0.717, 1.165) is 52.4 Å². The summed E-state index contributed by atoms with van der Waals surface area (Å²) in [6, 6.07) is 66.0. The molecule has 0 aliphatic heterocycles. The molecule has 13 heteroatoms. The topological polar surface area (TPSA) is 113 Å². The minimum atomic E-state index is -4.94. The van der Waals surface area contributed by atoms with Crippen LogP contribution in [0.3, 0.4) is 0 Å². The van der Waals surface area contributed by atoms with E-state index >= 15 is 0 Å². The predicted molar refractivity (Wildman–Crippen MR) is 239 cm³/mol. The van der Waals surface area contributed by atoms with Crippen LogP contribution in [0.2, 0.25) is 0 Å². The number of hydrogen-bond donors (Lipinski definition) is 0. The first-order valence-electron chi connectivity index (χ1n) is 19.8. The van der Waals surface area contributed by atoms with E-state index in [1.165, 1.54) is 43.1 Å². The molecule has 328 valence electrons. The zero-order chi connectivity index (χ0) is 45.2. The van der Waals surface area contributed by atoms with Gasteiger partial charge in [0.25, 0.3) is 0 Å². The number of benzene rings is 6. The molecule has 2 heterocycles. The lowest BCUT2D eigenvalue weighted by molar-refractivity contribution is -2.00. The maximum atomic E-state index is 9.67. The molecular formula is C51H44BClF4O6S. The second-order valence-corrected chi connectivity index (χ2v) is 15.5. The van der Waals surface area contributed by atoms with Crippen LogP contribution >= 0.6 is 11.3 Å². The van der Waals surface area contributed by atoms with Crippen LogP contribution in [0.15, 0.2) is 192 Å². The highest BCUT2D eigenvalue weighted by atomic mass is 35.7. The molecule has 0 N–H and O–H groups in total. The monoisotopic (exact) mass is 906 g/mol. The van der Waals surface area contributed by atoms with E-state index in [1.54, 1.807) is 7.11 Å². The van der Waals surface area contributed by atoms with Gasteiger partial charge in [-0.1, -0.05) is 117 Å². The van der Waals surface area contributed by atoms with E-state index in [9.17, 15) is 12.9 Å². The van der Waals surface area contributed by atoms with Crippen LogP contribution in [0, 0.1) is 10.2 Å². The van der Waals surface area contributed by atoms with Gasteiger partial charge >= 0.3 is 19.1 Å². The van der Waals surface area contributed by atoms with Crippen molar-refractivity contribution in [3.8, 4) is 71.5 Å². The van der Waals surface area contributed by atoms with Crippen molar-refractivity contribution in [2.75, 3.05) is 7.11 Å². The van der Waals surface area contributed by atoms with E-state index in [4.69, 9.17) is 27.8 Å². The summed E-state index contributed by atoms with van der Waals surface area (Å²) in [5.74, 6) is 2.58. The van der Waals surface area contributed by atoms with Crippen molar-refractivity contribution in [3.05, 3.63) is 199 Å². The highest BCUT2D eigenvalue weighted by Crippen LogP contribution is 2.38. The van der Waals surface area contributed by atoms with Crippen LogP contribution in [0.4, 0.5) is 12.9 Å². The summed E-state index contributed by atoms with van der Waals surface area (Å²) in [4.78, 5) is 2.58. The Morgan fingerprint density at radius 2 is 0.781 bits per heavy atom. The molecule has 0 unspecified atom stereocenters. The first kappa shape index (κ1) is 50.4. The quantitative estimate of drug-likeness (QED) is 0.0829. The Kier molecular flexibility index (Phi) is 19.8. The molecule has 8 rings (SSSR count). The summed E-state index contributed by atoms with van der Waals surface area (Å²) in [5, 5.41) is 0. The first-order valence-corrected chi connectivity index (χ1v) is 21.9. The smallest absolute Gasteiger partial charge is 0.762 e. The third-order valence-electron chi connectivity index (χ3n) is 9.53. The molecule has 0 aliphatic rings. The fourth-order valence-corrected chi connectivity index (χ4v) is 7.45. The third kappa shape index (κ3) is 16.1. The van der Waals surface area contributed by atoms with Crippen LogP contribution in [-0.4, -0.2) is 14.7 Å². The highest BCUT2D eigenvalue weighted by molar-refractivity contribution is 7.18. The fourth-order valence-electron chi connectivity index (χ4n) is 6.33. The molecule has 0 spiro atoms. The Labute approximate surface area is 377 Å². The summed E-state index contributed by atoms with van der Waals surface area (Å²) >= 11 is 1.84. The first-order chi connectivity index (χ1) is 30.3. The molecule has 0 fully saturated rings. The fraction of sp³-hybridized carbons (Fsp3) is 0.0980. The molecule has 0 aliphatic carbocycles. The third-order valence-corrected chi connectivity index (χ3v) is 10.7. The summed E-state index contributed by atoms with van der Waals surface area (Å²) < 4.78 is 74.7. The van der Waals surface area contributed by atoms with Crippen molar-refractivity contribution < 1.29 is 55.7 Å². The minimum Gasteiger partial charge on any atom is -1.00 e. The number of hydrogen-bond acceptors (Lipinski definition) is 5. The minimum absolute atomic E-state index is 0. The summed E-state index contributed by atoms with van der Waals surface area (Å²) in [5.41, 5.74) is 12.1. The zero-order valence-electron chi connectivity index (χ0n) is 35.1. The van der Waals surface area contributed by atoms with Gasteiger partial charge in [-0.25, -0.2) is 23.1 Å². The lowest BCUT2D eigenvalue weighted by Gasteiger charge is -2.17. The average Bonchev–Trinajstić information content (AvgIpc) is 3.31. The van der Waals surface area contributed by atoms with Crippen LogP contribution < -0.4 is 28.1 Å². The number of methoxy groups -OCH3 is 1.